The molecule has 8 nitrogen and oxygen atoms in total. The van der Waals surface area contributed by atoms with Crippen LogP contribution in [0.15, 0.2) is 41.7 Å². The lowest BCUT2D eigenvalue weighted by Crippen LogP contribution is -2.52. The van der Waals surface area contributed by atoms with Gasteiger partial charge in [0.25, 0.3) is 15.9 Å². The van der Waals surface area contributed by atoms with Crippen molar-refractivity contribution in [1.82, 2.24) is 9.97 Å². The Morgan fingerprint density at radius 1 is 1.31 bits per heavy atom. The molecule has 29 heavy (non-hydrogen) atoms. The van der Waals surface area contributed by atoms with Gasteiger partial charge in [-0.05, 0) is 32.0 Å². The number of sulfonamides is 1. The van der Waals surface area contributed by atoms with Crippen molar-refractivity contribution in [2.24, 2.45) is 0 Å². The van der Waals surface area contributed by atoms with Crippen LogP contribution in [0.3, 0.4) is 0 Å². The summed E-state index contributed by atoms with van der Waals surface area (Å²) in [6.07, 6.45) is -1.29. The molecule has 0 aliphatic carbocycles. The molecule has 0 saturated carbocycles. The van der Waals surface area contributed by atoms with E-state index in [9.17, 15) is 31.5 Å². The molecular weight excluding hydrogens is 437 g/mol. The molecule has 1 amide bonds. The van der Waals surface area contributed by atoms with Crippen LogP contribution in [0.1, 0.15) is 13.8 Å². The van der Waals surface area contributed by atoms with E-state index >= 15 is 0 Å². The summed E-state index contributed by atoms with van der Waals surface area (Å²) in [5.74, 6) is -1.71. The minimum Gasteiger partial charge on any atom is -0.373 e. The van der Waals surface area contributed by atoms with Gasteiger partial charge in [0.1, 0.15) is 0 Å². The number of carbonyl (C=O) groups is 1. The second-order valence-electron chi connectivity index (χ2n) is 5.90. The van der Waals surface area contributed by atoms with E-state index in [1.807, 2.05) is 5.32 Å². The number of rotatable bonds is 6. The van der Waals surface area contributed by atoms with Crippen LogP contribution in [0.5, 0.6) is 0 Å². The zero-order valence-electron chi connectivity index (χ0n) is 15.1. The predicted molar refractivity (Wildman–Crippen MR) is 99.0 cm³/mol. The van der Waals surface area contributed by atoms with Crippen molar-refractivity contribution in [1.29, 1.82) is 0 Å². The zero-order chi connectivity index (χ0) is 22.0. The van der Waals surface area contributed by atoms with Crippen LogP contribution in [0.25, 0.3) is 0 Å². The standard InChI is InChI=1S/C16H16ClF3N4O4S/c1-3-24(13-9-21-6-7-22-13)29(27,28)10-4-5-12(11(17)8-10)23-14(25)15(2,26)16(18,19)20/h4-9,26H,3H2,1-2H3,(H,23,25). The molecule has 1 heterocycles. The highest BCUT2D eigenvalue weighted by molar-refractivity contribution is 7.92. The molecule has 2 rings (SSSR count). The van der Waals surface area contributed by atoms with Crippen molar-refractivity contribution >= 4 is 39.0 Å². The van der Waals surface area contributed by atoms with Crippen LogP contribution < -0.4 is 9.62 Å². The Labute approximate surface area is 169 Å². The van der Waals surface area contributed by atoms with Crippen LogP contribution in [0.2, 0.25) is 5.02 Å². The van der Waals surface area contributed by atoms with E-state index in [1.165, 1.54) is 18.6 Å². The molecular formula is C16H16ClF3N4O4S. The summed E-state index contributed by atoms with van der Waals surface area (Å²) in [6.45, 7) is 1.88. The third-order valence-electron chi connectivity index (χ3n) is 3.86. The fourth-order valence-electron chi connectivity index (χ4n) is 2.13. The molecule has 2 aromatic rings. The van der Waals surface area contributed by atoms with Gasteiger partial charge >= 0.3 is 6.18 Å². The van der Waals surface area contributed by atoms with Gasteiger partial charge in [-0.3, -0.25) is 9.78 Å². The summed E-state index contributed by atoms with van der Waals surface area (Å²) in [7, 11) is -4.12. The molecule has 0 saturated heterocycles. The Morgan fingerprint density at radius 2 is 1.97 bits per heavy atom. The van der Waals surface area contributed by atoms with Crippen molar-refractivity contribution in [2.45, 2.75) is 30.5 Å². The van der Waals surface area contributed by atoms with Gasteiger partial charge in [-0.25, -0.2) is 17.7 Å². The van der Waals surface area contributed by atoms with E-state index in [1.54, 1.807) is 6.92 Å². The molecule has 158 valence electrons. The summed E-state index contributed by atoms with van der Waals surface area (Å²) < 4.78 is 65.0. The van der Waals surface area contributed by atoms with Crippen molar-refractivity contribution < 1.29 is 31.5 Å². The van der Waals surface area contributed by atoms with Gasteiger partial charge in [0, 0.05) is 18.9 Å². The third kappa shape index (κ3) is 4.60. The van der Waals surface area contributed by atoms with Gasteiger partial charge in [0.15, 0.2) is 5.82 Å². The maximum Gasteiger partial charge on any atom is 0.426 e. The molecule has 0 aliphatic heterocycles. The first-order valence-electron chi connectivity index (χ1n) is 8.01. The normalized spacial score (nSPS) is 14.2. The topological polar surface area (TPSA) is 112 Å². The van der Waals surface area contributed by atoms with Crippen LogP contribution in [0, 0.1) is 0 Å². The first kappa shape index (κ1) is 22.8. The summed E-state index contributed by atoms with van der Waals surface area (Å²) in [6, 6.07) is 3.04. The number of anilines is 2. The van der Waals surface area contributed by atoms with E-state index in [2.05, 4.69) is 9.97 Å². The van der Waals surface area contributed by atoms with E-state index in [-0.39, 0.29) is 34.9 Å². The predicted octanol–water partition coefficient (Wildman–Crippen LogP) is 2.60. The first-order valence-corrected chi connectivity index (χ1v) is 9.83. The van der Waals surface area contributed by atoms with Gasteiger partial charge in [-0.1, -0.05) is 11.6 Å². The van der Waals surface area contributed by atoms with Gasteiger partial charge in [0.2, 0.25) is 5.60 Å². The van der Waals surface area contributed by atoms with E-state index < -0.39 is 27.7 Å². The largest absolute Gasteiger partial charge is 0.426 e. The maximum absolute atomic E-state index is 12.9. The van der Waals surface area contributed by atoms with E-state index in [0.717, 1.165) is 22.5 Å². The lowest BCUT2D eigenvalue weighted by molar-refractivity contribution is -0.242. The number of amides is 1. The van der Waals surface area contributed by atoms with Gasteiger partial charge in [0.05, 0.1) is 21.8 Å². The minimum absolute atomic E-state index is 0.0194. The Bertz CT molecular complexity index is 1000. The van der Waals surface area contributed by atoms with Crippen LogP contribution in [0.4, 0.5) is 24.7 Å². The van der Waals surface area contributed by atoms with Crippen molar-refractivity contribution in [2.75, 3.05) is 16.2 Å². The number of halogens is 4. The summed E-state index contributed by atoms with van der Waals surface area (Å²) >= 11 is 5.95. The molecule has 0 bridgehead atoms. The Kier molecular flexibility index (Phi) is 6.40. The fourth-order valence-corrected chi connectivity index (χ4v) is 3.87. The van der Waals surface area contributed by atoms with Gasteiger partial charge < -0.3 is 10.4 Å². The molecule has 1 unspecified atom stereocenters. The molecule has 0 spiro atoms. The SMILES string of the molecule is CCN(c1cnccn1)S(=O)(=O)c1ccc(NC(=O)C(C)(O)C(F)(F)F)c(Cl)c1. The number of hydrogen-bond donors (Lipinski definition) is 2. The number of aromatic nitrogens is 2. The monoisotopic (exact) mass is 452 g/mol. The fraction of sp³-hybridized carbons (Fsp3) is 0.312. The van der Waals surface area contributed by atoms with Crippen molar-refractivity contribution in [3.8, 4) is 0 Å². The van der Waals surface area contributed by atoms with Crippen molar-refractivity contribution in [3.05, 3.63) is 41.8 Å². The first-order chi connectivity index (χ1) is 13.3. The Balaban J connectivity index is 2.35. The zero-order valence-corrected chi connectivity index (χ0v) is 16.7. The minimum atomic E-state index is -5.22. The number of nitrogens with one attached hydrogen (secondary N) is 1. The number of carbonyl (C=O) groups excluding carboxylic acids is 1. The Hall–Kier alpha value is -2.44. The molecule has 1 aromatic heterocycles. The third-order valence-corrected chi connectivity index (χ3v) is 6.05. The molecule has 0 radical (unpaired) electrons. The summed E-state index contributed by atoms with van der Waals surface area (Å²) in [5.41, 5.74) is -3.96. The number of hydrogen-bond acceptors (Lipinski definition) is 6. The summed E-state index contributed by atoms with van der Waals surface area (Å²) in [4.78, 5) is 19.2. The Morgan fingerprint density at radius 3 is 2.45 bits per heavy atom. The van der Waals surface area contributed by atoms with Gasteiger partial charge in [-0.15, -0.1) is 0 Å². The molecule has 0 fully saturated rings. The highest BCUT2D eigenvalue weighted by Crippen LogP contribution is 2.33. The van der Waals surface area contributed by atoms with E-state index in [0.29, 0.717) is 0 Å². The molecule has 0 aliphatic rings. The van der Waals surface area contributed by atoms with Gasteiger partial charge in [-0.2, -0.15) is 13.2 Å². The highest BCUT2D eigenvalue weighted by atomic mass is 35.5. The van der Waals surface area contributed by atoms with Crippen LogP contribution >= 0.6 is 11.6 Å². The lowest BCUT2D eigenvalue weighted by Gasteiger charge is -2.25. The smallest absolute Gasteiger partial charge is 0.373 e. The second-order valence-corrected chi connectivity index (χ2v) is 8.17. The van der Waals surface area contributed by atoms with Crippen LogP contribution in [-0.4, -0.2) is 47.7 Å². The summed E-state index contributed by atoms with van der Waals surface area (Å²) in [5, 5.41) is 10.9. The second kappa shape index (κ2) is 8.13. The number of nitrogens with zero attached hydrogens (tertiary/aromatic N) is 3. The number of aliphatic hydroxyl groups is 1. The van der Waals surface area contributed by atoms with Crippen molar-refractivity contribution in [3.63, 3.8) is 0 Å². The quantitative estimate of drug-likeness (QED) is 0.696. The lowest BCUT2D eigenvalue weighted by atomic mass is 10.1. The average Bonchev–Trinajstić information content (AvgIpc) is 2.63. The van der Waals surface area contributed by atoms with Crippen LogP contribution in [-0.2, 0) is 14.8 Å². The number of benzene rings is 1. The maximum atomic E-state index is 12.9. The molecule has 1 atom stereocenters. The molecule has 1 aromatic carbocycles. The molecule has 2 N–H and O–H groups in total. The van der Waals surface area contributed by atoms with E-state index in [4.69, 9.17) is 11.6 Å². The molecule has 13 heteroatoms. The average molecular weight is 453 g/mol. The number of alkyl halides is 3. The highest BCUT2D eigenvalue weighted by Gasteiger charge is 2.55.